The van der Waals surface area contributed by atoms with Gasteiger partial charge in [0.05, 0.1) is 30.8 Å². The van der Waals surface area contributed by atoms with Crippen LogP contribution in [0, 0.1) is 0 Å². The average Bonchev–Trinajstić information content (AvgIpc) is 3.33. The number of hydrogen-bond acceptors (Lipinski definition) is 5. The largest absolute Gasteiger partial charge is 0.495 e. The van der Waals surface area contributed by atoms with Crippen molar-refractivity contribution in [1.29, 1.82) is 0 Å². The number of rotatable bonds is 4. The lowest BCUT2D eigenvalue weighted by atomic mass is 10.1. The molecule has 0 bridgehead atoms. The molecule has 0 aliphatic heterocycles. The first kappa shape index (κ1) is 18.9. The van der Waals surface area contributed by atoms with Crippen LogP contribution < -0.4 is 16.0 Å². The zero-order valence-corrected chi connectivity index (χ0v) is 16.9. The van der Waals surface area contributed by atoms with Crippen LogP contribution in [-0.4, -0.2) is 35.7 Å². The zero-order valence-electron chi connectivity index (χ0n) is 16.9. The van der Waals surface area contributed by atoms with Crippen molar-refractivity contribution in [2.45, 2.75) is 6.61 Å². The van der Waals surface area contributed by atoms with Crippen LogP contribution in [0.15, 0.2) is 64.2 Å². The van der Waals surface area contributed by atoms with E-state index in [0.717, 1.165) is 5.56 Å². The van der Waals surface area contributed by atoms with E-state index in [2.05, 4.69) is 9.97 Å². The molecule has 2 aromatic carbocycles. The van der Waals surface area contributed by atoms with E-state index in [-0.39, 0.29) is 17.8 Å². The van der Waals surface area contributed by atoms with E-state index in [1.807, 2.05) is 59.2 Å². The number of hydrogen-bond donors (Lipinski definition) is 2. The molecule has 0 fully saturated rings. The third-order valence-corrected chi connectivity index (χ3v) is 5.39. The molecular weight excluding hydrogens is 398 g/mol. The van der Waals surface area contributed by atoms with Gasteiger partial charge in [0.25, 0.3) is 5.56 Å². The molecule has 0 aliphatic carbocycles. The van der Waals surface area contributed by atoms with Gasteiger partial charge in [0, 0.05) is 12.6 Å². The Labute approximate surface area is 175 Å². The van der Waals surface area contributed by atoms with Crippen molar-refractivity contribution in [1.82, 2.24) is 23.5 Å². The van der Waals surface area contributed by atoms with Crippen molar-refractivity contribution >= 4 is 16.9 Å². The first-order valence-corrected chi connectivity index (χ1v) is 9.61. The van der Waals surface area contributed by atoms with Gasteiger partial charge in [0.15, 0.2) is 11.2 Å². The molecule has 0 amide bonds. The topological polar surface area (TPSA) is 107 Å². The number of ether oxygens (including phenoxy) is 1. The zero-order chi connectivity index (χ0) is 21.7. The van der Waals surface area contributed by atoms with Crippen molar-refractivity contribution in [3.63, 3.8) is 0 Å². The molecule has 0 atom stereocenters. The number of aryl methyl sites for hydroxylation is 1. The summed E-state index contributed by atoms with van der Waals surface area (Å²) in [5.74, 6) is 0.977. The second-order valence-electron chi connectivity index (χ2n) is 7.06. The number of nitrogens with one attached hydrogen (secondary N) is 1. The summed E-state index contributed by atoms with van der Waals surface area (Å²) in [6.07, 6.45) is 0. The quantitative estimate of drug-likeness (QED) is 0.464. The summed E-state index contributed by atoms with van der Waals surface area (Å²) < 4.78 is 10.3. The van der Waals surface area contributed by atoms with E-state index >= 15 is 0 Å². The first-order chi connectivity index (χ1) is 15.1. The first-order valence-electron chi connectivity index (χ1n) is 9.61. The van der Waals surface area contributed by atoms with Crippen LogP contribution in [0.3, 0.4) is 0 Å². The standard InChI is InChI=1S/C22H19N5O4/c1-25-19-18(20(29)24-22(25)30)27-15(12-28)17(13-8-4-3-5-9-13)26(21(27)23-19)14-10-6-7-11-16(14)31-2/h3-11,28H,12H2,1-2H3,(H,24,29,30). The second-order valence-corrected chi connectivity index (χ2v) is 7.06. The van der Waals surface area contributed by atoms with E-state index in [1.165, 1.54) is 11.6 Å². The molecule has 3 aromatic heterocycles. The number of aromatic nitrogens is 5. The Morgan fingerprint density at radius 1 is 1.06 bits per heavy atom. The number of para-hydroxylation sites is 2. The summed E-state index contributed by atoms with van der Waals surface area (Å²) in [7, 11) is 3.11. The number of benzene rings is 2. The molecule has 0 unspecified atom stereocenters. The van der Waals surface area contributed by atoms with E-state index in [0.29, 0.717) is 28.6 Å². The highest BCUT2D eigenvalue weighted by atomic mass is 16.5. The Morgan fingerprint density at radius 2 is 1.77 bits per heavy atom. The van der Waals surface area contributed by atoms with Gasteiger partial charge in [-0.15, -0.1) is 0 Å². The molecule has 156 valence electrons. The van der Waals surface area contributed by atoms with E-state index < -0.39 is 11.2 Å². The Bertz CT molecular complexity index is 1560. The maximum absolute atomic E-state index is 12.8. The number of H-pyrrole nitrogens is 1. The van der Waals surface area contributed by atoms with Gasteiger partial charge >= 0.3 is 5.69 Å². The lowest BCUT2D eigenvalue weighted by Gasteiger charge is -2.14. The summed E-state index contributed by atoms with van der Waals surface area (Å²) in [5, 5.41) is 10.4. The van der Waals surface area contributed by atoms with Crippen LogP contribution in [0.1, 0.15) is 5.69 Å². The Morgan fingerprint density at radius 3 is 2.48 bits per heavy atom. The number of fused-ring (bicyclic) bond motifs is 3. The van der Waals surface area contributed by atoms with Crippen molar-refractivity contribution in [2.75, 3.05) is 7.11 Å². The third-order valence-electron chi connectivity index (χ3n) is 5.39. The fourth-order valence-electron chi connectivity index (χ4n) is 3.99. The highest BCUT2D eigenvalue weighted by Gasteiger charge is 2.26. The Kier molecular flexibility index (Phi) is 4.26. The predicted octanol–water partition coefficient (Wildman–Crippen LogP) is 1.83. The third kappa shape index (κ3) is 2.63. The van der Waals surface area contributed by atoms with Gasteiger partial charge < -0.3 is 9.84 Å². The molecule has 5 aromatic rings. The molecule has 0 spiro atoms. The SMILES string of the molecule is COc1ccccc1-n1c(-c2ccccc2)c(CO)n2c3c(=O)[nH]c(=O)n(C)c3nc12. The van der Waals surface area contributed by atoms with Crippen LogP contribution in [0.2, 0.25) is 0 Å². The minimum absolute atomic E-state index is 0.187. The number of aromatic amines is 1. The van der Waals surface area contributed by atoms with Crippen molar-refractivity contribution in [2.24, 2.45) is 7.05 Å². The summed E-state index contributed by atoms with van der Waals surface area (Å²) in [6, 6.07) is 16.9. The maximum Gasteiger partial charge on any atom is 0.329 e. The van der Waals surface area contributed by atoms with Crippen LogP contribution in [-0.2, 0) is 13.7 Å². The van der Waals surface area contributed by atoms with Gasteiger partial charge in [-0.3, -0.25) is 23.3 Å². The lowest BCUT2D eigenvalue weighted by molar-refractivity contribution is 0.277. The summed E-state index contributed by atoms with van der Waals surface area (Å²) in [5.41, 5.74) is 1.94. The molecule has 3 heterocycles. The van der Waals surface area contributed by atoms with E-state index in [1.54, 1.807) is 11.5 Å². The molecule has 0 saturated heterocycles. The molecule has 0 saturated carbocycles. The van der Waals surface area contributed by atoms with Crippen molar-refractivity contribution in [3.8, 4) is 22.7 Å². The lowest BCUT2D eigenvalue weighted by Crippen LogP contribution is -2.28. The summed E-state index contributed by atoms with van der Waals surface area (Å²) in [4.78, 5) is 31.9. The van der Waals surface area contributed by atoms with E-state index in [4.69, 9.17) is 4.74 Å². The molecular formula is C22H19N5O4. The van der Waals surface area contributed by atoms with E-state index in [9.17, 15) is 14.7 Å². The van der Waals surface area contributed by atoms with Crippen molar-refractivity contribution in [3.05, 3.63) is 81.1 Å². The van der Waals surface area contributed by atoms with Gasteiger partial charge in [-0.05, 0) is 12.1 Å². The second kappa shape index (κ2) is 6.99. The highest BCUT2D eigenvalue weighted by molar-refractivity contribution is 5.81. The summed E-state index contributed by atoms with van der Waals surface area (Å²) in [6.45, 7) is -0.351. The number of nitrogens with zero attached hydrogens (tertiary/aromatic N) is 4. The van der Waals surface area contributed by atoms with Crippen LogP contribution in [0.25, 0.3) is 33.9 Å². The molecule has 0 aliphatic rings. The maximum atomic E-state index is 12.8. The fourth-order valence-corrected chi connectivity index (χ4v) is 3.99. The molecule has 9 heteroatoms. The number of aliphatic hydroxyl groups excluding tert-OH is 1. The minimum Gasteiger partial charge on any atom is -0.495 e. The highest BCUT2D eigenvalue weighted by Crippen LogP contribution is 2.35. The fraction of sp³-hybridized carbons (Fsp3) is 0.136. The monoisotopic (exact) mass is 417 g/mol. The van der Waals surface area contributed by atoms with Gasteiger partial charge in [-0.2, -0.15) is 4.98 Å². The van der Waals surface area contributed by atoms with Crippen molar-refractivity contribution < 1.29 is 9.84 Å². The molecule has 5 rings (SSSR count). The minimum atomic E-state index is -0.572. The molecule has 9 nitrogen and oxygen atoms in total. The van der Waals surface area contributed by atoms with Crippen LogP contribution >= 0.6 is 0 Å². The normalized spacial score (nSPS) is 11.5. The Balaban J connectivity index is 2.06. The average molecular weight is 417 g/mol. The molecule has 2 N–H and O–H groups in total. The molecule has 31 heavy (non-hydrogen) atoms. The van der Waals surface area contributed by atoms with Crippen LogP contribution in [0.5, 0.6) is 5.75 Å². The Hall–Kier alpha value is -4.11. The molecule has 0 radical (unpaired) electrons. The van der Waals surface area contributed by atoms with Gasteiger partial charge in [0.1, 0.15) is 5.75 Å². The van der Waals surface area contributed by atoms with Gasteiger partial charge in [-0.1, -0.05) is 42.5 Å². The van der Waals surface area contributed by atoms with Gasteiger partial charge in [0.2, 0.25) is 5.78 Å². The number of imidazole rings is 2. The van der Waals surface area contributed by atoms with Crippen LogP contribution in [0.4, 0.5) is 0 Å². The van der Waals surface area contributed by atoms with Gasteiger partial charge in [-0.25, -0.2) is 4.79 Å². The predicted molar refractivity (Wildman–Crippen MR) is 116 cm³/mol. The summed E-state index contributed by atoms with van der Waals surface area (Å²) >= 11 is 0. The smallest absolute Gasteiger partial charge is 0.329 e. The number of aliphatic hydroxyl groups is 1. The number of methoxy groups -OCH3 is 1.